The summed E-state index contributed by atoms with van der Waals surface area (Å²) >= 11 is 0. The number of terminal acetylenes is 1. The lowest BCUT2D eigenvalue weighted by molar-refractivity contribution is 0.0283. The second kappa shape index (κ2) is 9.85. The van der Waals surface area contributed by atoms with Gasteiger partial charge in [0.1, 0.15) is 36.1 Å². The Hall–Kier alpha value is -4.53. The quantitative estimate of drug-likeness (QED) is 0.388. The second-order valence-corrected chi connectivity index (χ2v) is 9.70. The topological polar surface area (TPSA) is 95.9 Å². The second-order valence-electron chi connectivity index (χ2n) is 9.70. The number of rotatable bonds is 7. The van der Waals surface area contributed by atoms with Gasteiger partial charge < -0.3 is 19.5 Å². The van der Waals surface area contributed by atoms with Gasteiger partial charge in [0, 0.05) is 35.9 Å². The van der Waals surface area contributed by atoms with E-state index >= 15 is 0 Å². The van der Waals surface area contributed by atoms with Gasteiger partial charge in [-0.25, -0.2) is 9.50 Å². The molecular weight excluding hydrogens is 466 g/mol. The molecule has 0 radical (unpaired) electrons. The first-order valence-corrected chi connectivity index (χ1v) is 12.0. The number of ether oxygens (including phenoxy) is 2. The fraction of sp³-hybridized carbons (Fsp3) is 0.276. The van der Waals surface area contributed by atoms with Gasteiger partial charge in [-0.2, -0.15) is 10.4 Å². The SMILES string of the molecule is C#Cc1ccc(O[C@H]2CCN(c3ccc(-c4cc(OCC(C)(C)O)cn5ncc(C#N)c45)cn3)C2)cc1. The van der Waals surface area contributed by atoms with Crippen molar-refractivity contribution < 1.29 is 14.6 Å². The van der Waals surface area contributed by atoms with Crippen LogP contribution in [-0.4, -0.2) is 51.1 Å². The molecule has 1 aliphatic rings. The van der Waals surface area contributed by atoms with Crippen molar-refractivity contribution in [2.45, 2.75) is 32.0 Å². The maximum absolute atomic E-state index is 10.1. The van der Waals surface area contributed by atoms with Crippen LogP contribution in [0.2, 0.25) is 0 Å². The molecule has 8 heteroatoms. The third kappa shape index (κ3) is 5.35. The summed E-state index contributed by atoms with van der Waals surface area (Å²) in [6, 6.07) is 15.6. The first kappa shape index (κ1) is 24.2. The molecule has 0 unspecified atom stereocenters. The van der Waals surface area contributed by atoms with Crippen molar-refractivity contribution in [2.24, 2.45) is 0 Å². The van der Waals surface area contributed by atoms with Crippen LogP contribution in [0.3, 0.4) is 0 Å². The van der Waals surface area contributed by atoms with Crippen molar-refractivity contribution in [3.05, 3.63) is 72.2 Å². The third-order valence-electron chi connectivity index (χ3n) is 6.15. The van der Waals surface area contributed by atoms with Gasteiger partial charge >= 0.3 is 0 Å². The molecule has 0 saturated carbocycles. The highest BCUT2D eigenvalue weighted by molar-refractivity contribution is 5.85. The maximum atomic E-state index is 10.1. The number of pyridine rings is 2. The van der Waals surface area contributed by atoms with Crippen LogP contribution in [0.25, 0.3) is 16.6 Å². The van der Waals surface area contributed by atoms with Gasteiger partial charge in [0.15, 0.2) is 0 Å². The van der Waals surface area contributed by atoms with E-state index in [0.29, 0.717) is 16.8 Å². The standard InChI is InChI=1S/C29H27N5O3/c1-4-20-5-8-23(9-6-20)37-24-11-12-33(17-24)27-10-7-21(15-31-27)26-13-25(36-19-29(2,3)35)18-34-28(26)22(14-30)16-32-34/h1,5-10,13,15-16,18,24,35H,11-12,17,19H2,2-3H3/t24-/m0/s1. The molecule has 0 spiro atoms. The maximum Gasteiger partial charge on any atom is 0.138 e. The van der Waals surface area contributed by atoms with E-state index in [1.54, 1.807) is 30.8 Å². The summed E-state index contributed by atoms with van der Waals surface area (Å²) in [7, 11) is 0. The summed E-state index contributed by atoms with van der Waals surface area (Å²) in [6.45, 7) is 5.05. The highest BCUT2D eigenvalue weighted by Crippen LogP contribution is 2.32. The highest BCUT2D eigenvalue weighted by atomic mass is 16.5. The fourth-order valence-corrected chi connectivity index (χ4v) is 4.32. The van der Waals surface area contributed by atoms with Gasteiger partial charge in [-0.3, -0.25) is 0 Å². The normalized spacial score (nSPS) is 15.4. The Labute approximate surface area is 215 Å². The van der Waals surface area contributed by atoms with Crippen LogP contribution < -0.4 is 14.4 Å². The van der Waals surface area contributed by atoms with E-state index in [9.17, 15) is 10.4 Å². The Balaban J connectivity index is 1.35. The van der Waals surface area contributed by atoms with Gasteiger partial charge in [-0.1, -0.05) is 5.92 Å². The minimum Gasteiger partial charge on any atom is -0.489 e. The Kier molecular flexibility index (Phi) is 6.43. The molecule has 1 atom stereocenters. The van der Waals surface area contributed by atoms with Gasteiger partial charge in [0.25, 0.3) is 0 Å². The van der Waals surface area contributed by atoms with Crippen molar-refractivity contribution in [1.29, 1.82) is 5.26 Å². The van der Waals surface area contributed by atoms with Gasteiger partial charge in [-0.05, 0) is 56.3 Å². The van der Waals surface area contributed by atoms with Crippen LogP contribution in [0.15, 0.2) is 61.1 Å². The summed E-state index contributed by atoms with van der Waals surface area (Å²) in [5, 5.41) is 24.0. The third-order valence-corrected chi connectivity index (χ3v) is 6.15. The predicted octanol–water partition coefficient (Wildman–Crippen LogP) is 4.06. The van der Waals surface area contributed by atoms with E-state index in [1.807, 2.05) is 42.5 Å². The highest BCUT2D eigenvalue weighted by Gasteiger charge is 2.25. The number of hydrogen-bond donors (Lipinski definition) is 1. The number of anilines is 1. The zero-order chi connectivity index (χ0) is 26.0. The number of benzene rings is 1. The number of aromatic nitrogens is 3. The smallest absolute Gasteiger partial charge is 0.138 e. The molecule has 1 fully saturated rings. The molecule has 1 saturated heterocycles. The number of hydrogen-bond acceptors (Lipinski definition) is 7. The lowest BCUT2D eigenvalue weighted by atomic mass is 10.1. The molecule has 1 aromatic carbocycles. The number of aliphatic hydroxyl groups is 1. The molecule has 1 N–H and O–H groups in total. The number of nitriles is 1. The molecule has 0 bridgehead atoms. The summed E-state index contributed by atoms with van der Waals surface area (Å²) in [4.78, 5) is 6.91. The van der Waals surface area contributed by atoms with Crippen LogP contribution in [0.1, 0.15) is 31.4 Å². The fourth-order valence-electron chi connectivity index (χ4n) is 4.32. The van der Waals surface area contributed by atoms with Crippen molar-refractivity contribution in [3.8, 4) is 41.0 Å². The first-order chi connectivity index (χ1) is 17.8. The van der Waals surface area contributed by atoms with Crippen molar-refractivity contribution in [3.63, 3.8) is 0 Å². The van der Waals surface area contributed by atoms with Crippen LogP contribution >= 0.6 is 0 Å². The van der Waals surface area contributed by atoms with E-state index in [4.69, 9.17) is 20.9 Å². The van der Waals surface area contributed by atoms with E-state index in [0.717, 1.165) is 47.8 Å². The molecule has 8 nitrogen and oxygen atoms in total. The van der Waals surface area contributed by atoms with E-state index < -0.39 is 5.60 Å². The Morgan fingerprint density at radius 3 is 2.65 bits per heavy atom. The zero-order valence-corrected chi connectivity index (χ0v) is 20.8. The zero-order valence-electron chi connectivity index (χ0n) is 20.8. The van der Waals surface area contributed by atoms with Crippen LogP contribution in [0, 0.1) is 23.7 Å². The summed E-state index contributed by atoms with van der Waals surface area (Å²) in [5.74, 6) is 4.81. The average Bonchev–Trinajstić information content (AvgIpc) is 3.54. The molecule has 5 rings (SSSR count). The Morgan fingerprint density at radius 2 is 1.97 bits per heavy atom. The van der Waals surface area contributed by atoms with E-state index in [-0.39, 0.29) is 12.7 Å². The minimum absolute atomic E-state index is 0.0624. The number of fused-ring (bicyclic) bond motifs is 1. The summed E-state index contributed by atoms with van der Waals surface area (Å²) in [6.07, 6.45) is 11.4. The summed E-state index contributed by atoms with van der Waals surface area (Å²) < 4.78 is 13.6. The molecule has 0 aliphatic carbocycles. The lowest BCUT2D eigenvalue weighted by Crippen LogP contribution is -2.27. The van der Waals surface area contributed by atoms with E-state index in [2.05, 4.69) is 22.0 Å². The largest absolute Gasteiger partial charge is 0.489 e. The first-order valence-electron chi connectivity index (χ1n) is 12.0. The van der Waals surface area contributed by atoms with Crippen molar-refractivity contribution in [1.82, 2.24) is 14.6 Å². The molecule has 37 heavy (non-hydrogen) atoms. The predicted molar refractivity (Wildman–Crippen MR) is 141 cm³/mol. The molecular formula is C29H27N5O3. The molecule has 186 valence electrons. The average molecular weight is 494 g/mol. The Bertz CT molecular complexity index is 1490. The molecule has 4 heterocycles. The lowest BCUT2D eigenvalue weighted by Gasteiger charge is -2.19. The molecule has 0 amide bonds. The van der Waals surface area contributed by atoms with Crippen LogP contribution in [0.5, 0.6) is 11.5 Å². The molecule has 1 aliphatic heterocycles. The van der Waals surface area contributed by atoms with Gasteiger partial charge in [0.05, 0.1) is 35.6 Å². The van der Waals surface area contributed by atoms with Gasteiger partial charge in [-0.15, -0.1) is 6.42 Å². The molecule has 3 aromatic heterocycles. The minimum atomic E-state index is -0.983. The van der Waals surface area contributed by atoms with Crippen molar-refractivity contribution >= 4 is 11.3 Å². The summed E-state index contributed by atoms with van der Waals surface area (Å²) in [5.41, 5.74) is 2.59. The molecule has 4 aromatic rings. The van der Waals surface area contributed by atoms with Crippen molar-refractivity contribution in [2.75, 3.05) is 24.6 Å². The van der Waals surface area contributed by atoms with Gasteiger partial charge in [0.2, 0.25) is 0 Å². The monoisotopic (exact) mass is 493 g/mol. The van der Waals surface area contributed by atoms with E-state index in [1.165, 1.54) is 6.20 Å². The number of nitrogens with zero attached hydrogens (tertiary/aromatic N) is 5. The Morgan fingerprint density at radius 1 is 1.16 bits per heavy atom. The van der Waals surface area contributed by atoms with Crippen LogP contribution in [-0.2, 0) is 0 Å². The van der Waals surface area contributed by atoms with Crippen LogP contribution in [0.4, 0.5) is 5.82 Å².